The summed E-state index contributed by atoms with van der Waals surface area (Å²) in [5.41, 5.74) is 3.43. The molecule has 2 heterocycles. The zero-order valence-electron chi connectivity index (χ0n) is 14.2. The number of fused-ring (bicyclic) bond motifs is 2. The van der Waals surface area contributed by atoms with Crippen molar-refractivity contribution in [2.24, 2.45) is 0 Å². The van der Waals surface area contributed by atoms with Gasteiger partial charge in [0.05, 0.1) is 23.7 Å². The van der Waals surface area contributed by atoms with Crippen LogP contribution in [0.25, 0.3) is 21.8 Å². The molecule has 1 unspecified atom stereocenters. The van der Waals surface area contributed by atoms with Crippen LogP contribution in [-0.2, 0) is 0 Å². The Kier molecular flexibility index (Phi) is 3.84. The minimum atomic E-state index is -0.967. The van der Waals surface area contributed by atoms with Gasteiger partial charge in [0.1, 0.15) is 11.3 Å². The first-order chi connectivity index (χ1) is 12.1. The maximum absolute atomic E-state index is 11.7. The van der Waals surface area contributed by atoms with Crippen LogP contribution in [0.2, 0.25) is 0 Å². The minimum Gasteiger partial charge on any atom is -0.595 e. The van der Waals surface area contributed by atoms with E-state index in [9.17, 15) is 10.4 Å². The highest BCUT2D eigenvalue weighted by molar-refractivity contribution is 6.15. The number of hydrogen-bond acceptors (Lipinski definition) is 6. The number of nitrogens with one attached hydrogen (secondary N) is 2. The van der Waals surface area contributed by atoms with Gasteiger partial charge in [0.25, 0.3) is 0 Å². The van der Waals surface area contributed by atoms with Gasteiger partial charge in [-0.25, -0.2) is 10.2 Å². The molecule has 0 spiro atoms. The molecule has 0 fully saturated rings. The molecule has 1 aliphatic rings. The molecular formula is C18H20N4O3. The van der Waals surface area contributed by atoms with Crippen LogP contribution in [0.3, 0.4) is 0 Å². The molecule has 0 amide bonds. The monoisotopic (exact) mass is 340 g/mol. The van der Waals surface area contributed by atoms with E-state index in [-0.39, 0.29) is 5.69 Å². The van der Waals surface area contributed by atoms with Crippen molar-refractivity contribution in [3.05, 3.63) is 35.5 Å². The summed E-state index contributed by atoms with van der Waals surface area (Å²) in [6.07, 6.45) is 0. The summed E-state index contributed by atoms with van der Waals surface area (Å²) in [4.78, 5) is 6.93. The van der Waals surface area contributed by atoms with Gasteiger partial charge in [-0.2, -0.15) is 5.23 Å². The summed E-state index contributed by atoms with van der Waals surface area (Å²) >= 11 is 0. The topological polar surface area (TPSA) is 85.1 Å². The van der Waals surface area contributed by atoms with Crippen molar-refractivity contribution >= 4 is 38.9 Å². The highest BCUT2D eigenvalue weighted by Gasteiger charge is 2.23. The molecule has 25 heavy (non-hydrogen) atoms. The fourth-order valence-electron chi connectivity index (χ4n) is 3.52. The molecule has 130 valence electrons. The number of pyridine rings is 1. The Bertz CT molecular complexity index is 958. The van der Waals surface area contributed by atoms with Crippen molar-refractivity contribution in [2.75, 3.05) is 37.0 Å². The van der Waals surface area contributed by atoms with E-state index >= 15 is 0 Å². The standard InChI is InChI=1S/C18H20N4O3/c1-3-21-9-8-19-17-12-10-11(25-2)4-5-13(12)20-18-15(22(23)24)7-6-14(21)16(17)18/h4-7,10,19,22-23H,3,8-9H2,1-2H3. The molecule has 1 atom stereocenters. The van der Waals surface area contributed by atoms with Crippen LogP contribution in [-0.4, -0.2) is 36.9 Å². The smallest absolute Gasteiger partial charge is 0.190 e. The molecule has 2 aromatic carbocycles. The third-order valence-electron chi connectivity index (χ3n) is 4.75. The second-order valence-corrected chi connectivity index (χ2v) is 6.04. The van der Waals surface area contributed by atoms with Crippen molar-refractivity contribution in [1.82, 2.24) is 4.98 Å². The fourth-order valence-corrected chi connectivity index (χ4v) is 3.52. The molecule has 1 aromatic heterocycles. The number of quaternary nitrogens is 1. The van der Waals surface area contributed by atoms with E-state index < -0.39 is 5.23 Å². The van der Waals surface area contributed by atoms with Gasteiger partial charge in [-0.15, -0.1) is 0 Å². The lowest BCUT2D eigenvalue weighted by molar-refractivity contribution is -0.990. The van der Waals surface area contributed by atoms with E-state index in [2.05, 4.69) is 22.1 Å². The molecule has 7 heteroatoms. The first kappa shape index (κ1) is 15.9. The highest BCUT2D eigenvalue weighted by atomic mass is 16.8. The Hall–Kier alpha value is -2.61. The molecule has 1 aliphatic heterocycles. The molecule has 0 saturated carbocycles. The largest absolute Gasteiger partial charge is 0.595 e. The Morgan fingerprint density at radius 3 is 2.92 bits per heavy atom. The second-order valence-electron chi connectivity index (χ2n) is 6.04. The Morgan fingerprint density at radius 2 is 2.20 bits per heavy atom. The molecule has 4 rings (SSSR count). The Labute approximate surface area is 145 Å². The number of nitrogens with zero attached hydrogens (tertiary/aromatic N) is 2. The second kappa shape index (κ2) is 6.03. The van der Waals surface area contributed by atoms with E-state index in [1.807, 2.05) is 24.3 Å². The number of hydrogen-bond donors (Lipinski definition) is 3. The summed E-state index contributed by atoms with van der Waals surface area (Å²) < 4.78 is 5.36. The van der Waals surface area contributed by atoms with Gasteiger partial charge >= 0.3 is 0 Å². The first-order valence-electron chi connectivity index (χ1n) is 8.30. The Balaban J connectivity index is 2.17. The SMILES string of the molecule is CCN1CCNc2c3cc(OC)ccc3nc3c([NH+]([O-])O)ccc1c23. The molecule has 3 aromatic rings. The van der Waals surface area contributed by atoms with Crippen molar-refractivity contribution < 1.29 is 15.2 Å². The van der Waals surface area contributed by atoms with E-state index in [0.717, 1.165) is 53.0 Å². The third kappa shape index (κ3) is 2.44. The zero-order valence-corrected chi connectivity index (χ0v) is 14.2. The first-order valence-corrected chi connectivity index (χ1v) is 8.30. The lowest BCUT2D eigenvalue weighted by Gasteiger charge is -2.23. The molecule has 0 aliphatic carbocycles. The highest BCUT2D eigenvalue weighted by Crippen LogP contribution is 2.41. The van der Waals surface area contributed by atoms with E-state index in [0.29, 0.717) is 5.52 Å². The number of methoxy groups -OCH3 is 1. The lowest BCUT2D eigenvalue weighted by Crippen LogP contribution is -2.99. The summed E-state index contributed by atoms with van der Waals surface area (Å²) in [7, 11) is 1.63. The van der Waals surface area contributed by atoms with Gasteiger partial charge in [0.15, 0.2) is 5.69 Å². The Morgan fingerprint density at radius 1 is 1.36 bits per heavy atom. The van der Waals surface area contributed by atoms with Crippen molar-refractivity contribution in [2.45, 2.75) is 6.92 Å². The van der Waals surface area contributed by atoms with Crippen LogP contribution in [0.5, 0.6) is 5.75 Å². The van der Waals surface area contributed by atoms with Crippen LogP contribution in [0.4, 0.5) is 17.1 Å². The van der Waals surface area contributed by atoms with Crippen molar-refractivity contribution in [1.29, 1.82) is 0 Å². The predicted molar refractivity (Wildman–Crippen MR) is 98.0 cm³/mol. The van der Waals surface area contributed by atoms with Gasteiger partial charge in [0, 0.05) is 36.8 Å². The lowest BCUT2D eigenvalue weighted by atomic mass is 10.0. The van der Waals surface area contributed by atoms with Gasteiger partial charge in [-0.1, -0.05) is 0 Å². The number of benzene rings is 2. The van der Waals surface area contributed by atoms with Crippen LogP contribution in [0, 0.1) is 5.21 Å². The molecule has 0 saturated heterocycles. The van der Waals surface area contributed by atoms with Crippen molar-refractivity contribution in [3.8, 4) is 5.75 Å². The summed E-state index contributed by atoms with van der Waals surface area (Å²) in [5.74, 6) is 0.749. The summed E-state index contributed by atoms with van der Waals surface area (Å²) in [6, 6.07) is 9.20. The van der Waals surface area contributed by atoms with Crippen LogP contribution in [0.15, 0.2) is 30.3 Å². The molecule has 7 nitrogen and oxygen atoms in total. The molecular weight excluding hydrogens is 320 g/mol. The average molecular weight is 340 g/mol. The number of rotatable bonds is 3. The molecule has 3 N–H and O–H groups in total. The van der Waals surface area contributed by atoms with Gasteiger partial charge in [-0.05, 0) is 31.2 Å². The number of ether oxygens (including phenoxy) is 1. The fraction of sp³-hybridized carbons (Fsp3) is 0.278. The van der Waals surface area contributed by atoms with Crippen molar-refractivity contribution in [3.63, 3.8) is 0 Å². The summed E-state index contributed by atoms with van der Waals surface area (Å²) in [6.45, 7) is 4.56. The number of anilines is 2. The quantitative estimate of drug-likeness (QED) is 0.500. The number of likely N-dealkylation sites (N-methyl/N-ethyl adjacent to an activating group) is 1. The predicted octanol–water partition coefficient (Wildman–Crippen LogP) is 2.05. The minimum absolute atomic E-state index is 0.220. The van der Waals surface area contributed by atoms with E-state index in [4.69, 9.17) is 4.74 Å². The zero-order chi connectivity index (χ0) is 17.6. The maximum Gasteiger partial charge on any atom is 0.190 e. The van der Waals surface area contributed by atoms with Gasteiger partial charge in [-0.3, -0.25) is 0 Å². The van der Waals surface area contributed by atoms with Crippen LogP contribution >= 0.6 is 0 Å². The average Bonchev–Trinajstić information content (AvgIpc) is 2.82. The molecule has 0 bridgehead atoms. The number of aromatic nitrogens is 1. The maximum atomic E-state index is 11.7. The molecule has 0 radical (unpaired) electrons. The van der Waals surface area contributed by atoms with E-state index in [1.165, 1.54) is 0 Å². The van der Waals surface area contributed by atoms with Crippen LogP contribution in [0.1, 0.15) is 6.92 Å². The normalized spacial score (nSPS) is 15.1. The van der Waals surface area contributed by atoms with Gasteiger partial charge in [0.2, 0.25) is 0 Å². The van der Waals surface area contributed by atoms with Gasteiger partial charge < -0.3 is 20.2 Å². The van der Waals surface area contributed by atoms with E-state index in [1.54, 1.807) is 13.2 Å². The van der Waals surface area contributed by atoms with Crippen LogP contribution < -0.4 is 20.2 Å². The third-order valence-corrected chi connectivity index (χ3v) is 4.75. The summed E-state index contributed by atoms with van der Waals surface area (Å²) in [5, 5.41) is 25.6.